The average Bonchev–Trinajstić information content (AvgIpc) is 3.82. The number of halogens is 4. The fourth-order valence-corrected chi connectivity index (χ4v) is 7.27. The molecule has 2 N–H and O–H groups in total. The molecule has 10 nitrogen and oxygen atoms in total. The van der Waals surface area contributed by atoms with Crippen LogP contribution in [0.15, 0.2) is 54.0 Å². The van der Waals surface area contributed by atoms with Gasteiger partial charge in [0, 0.05) is 67.0 Å². The van der Waals surface area contributed by atoms with Gasteiger partial charge in [-0.3, -0.25) is 14.6 Å². The zero-order valence-electron chi connectivity index (χ0n) is 33.4. The summed E-state index contributed by atoms with van der Waals surface area (Å²) in [4.78, 5) is 48.6. The number of carbonyl (C=O) groups is 2. The second kappa shape index (κ2) is 14.9. The number of nitrogens with one attached hydrogen (secondary N) is 2. The van der Waals surface area contributed by atoms with Crippen LogP contribution in [0.3, 0.4) is 0 Å². The maximum Gasteiger partial charge on any atom is 0.271 e. The third-order valence-electron chi connectivity index (χ3n) is 11.3. The third-order valence-corrected chi connectivity index (χ3v) is 11.3. The molecule has 0 saturated carbocycles. The Labute approximate surface area is 325 Å². The van der Waals surface area contributed by atoms with Gasteiger partial charge in [-0.2, -0.15) is 0 Å². The van der Waals surface area contributed by atoms with E-state index in [9.17, 15) is 27.2 Å². The summed E-state index contributed by atoms with van der Waals surface area (Å²) in [5, 5.41) is 3.06. The Hall–Kier alpha value is -4.30. The van der Waals surface area contributed by atoms with Crippen LogP contribution in [0.4, 0.5) is 17.6 Å². The highest BCUT2D eigenvalue weighted by atomic mass is 19.3. The standard InChI is InChI=1S/C42H52F4N6O4/c1-37(2,3)29(18-32(53)39(7)13-15-41(43,44)23-55-39)35-50-22-31(51-35)28-20-48-34(49-21-28)26-11-9-25(10-12-26)27-17-30(47-19-27)33(38(4,5)6)52-36(54)40(8)14-16-42(45,46)24-56-40/h9-12,19-22,29,33H,13-18,23-24H2,1-8H3,(H,50,51)(H,52,54)/t29-,33-,39-,40-/m1/s1. The van der Waals surface area contributed by atoms with Crippen LogP contribution in [0.25, 0.3) is 28.2 Å². The Morgan fingerprint density at radius 2 is 1.36 bits per heavy atom. The van der Waals surface area contributed by atoms with Crippen molar-refractivity contribution in [2.75, 3.05) is 13.2 Å². The number of nitrogens with zero attached hydrogens (tertiary/aromatic N) is 4. The molecule has 3 aliphatic heterocycles. The van der Waals surface area contributed by atoms with E-state index in [-0.39, 0.29) is 42.8 Å². The molecule has 3 aromatic rings. The highest BCUT2D eigenvalue weighted by Crippen LogP contribution is 2.42. The second-order valence-electron chi connectivity index (χ2n) is 18.1. The Morgan fingerprint density at radius 1 is 0.786 bits per heavy atom. The number of H-pyrrole nitrogens is 1. The van der Waals surface area contributed by atoms with Crippen molar-refractivity contribution in [3.8, 4) is 22.6 Å². The van der Waals surface area contributed by atoms with Crippen LogP contribution < -0.4 is 5.32 Å². The van der Waals surface area contributed by atoms with Gasteiger partial charge in [0.05, 0.1) is 17.9 Å². The first-order chi connectivity index (χ1) is 26.0. The summed E-state index contributed by atoms with van der Waals surface area (Å²) in [6.07, 6.45) is 6.56. The minimum absolute atomic E-state index is 0.0377. The Balaban J connectivity index is 1.09. The van der Waals surface area contributed by atoms with Crippen molar-refractivity contribution in [3.05, 3.63) is 60.4 Å². The number of hydrogen-bond donors (Lipinski definition) is 2. The minimum Gasteiger partial charge on any atom is -0.361 e. The predicted octanol–water partition coefficient (Wildman–Crippen LogP) is 8.75. The van der Waals surface area contributed by atoms with E-state index in [0.717, 1.165) is 22.4 Å². The van der Waals surface area contributed by atoms with Crippen molar-refractivity contribution in [1.82, 2.24) is 25.3 Å². The monoisotopic (exact) mass is 780 g/mol. The van der Waals surface area contributed by atoms with E-state index in [1.54, 1.807) is 38.6 Å². The maximum atomic E-state index is 13.8. The van der Waals surface area contributed by atoms with E-state index in [1.807, 2.05) is 65.8 Å². The number of aromatic amines is 1. The number of Topliss-reactive ketones (excluding diaryl/α,β-unsaturated/α-hetero) is 1. The lowest BCUT2D eigenvalue weighted by molar-refractivity contribution is -0.190. The van der Waals surface area contributed by atoms with Gasteiger partial charge < -0.3 is 19.8 Å². The van der Waals surface area contributed by atoms with Crippen molar-refractivity contribution in [2.24, 2.45) is 15.8 Å². The van der Waals surface area contributed by atoms with Gasteiger partial charge in [-0.05, 0) is 48.7 Å². The lowest BCUT2D eigenvalue weighted by Gasteiger charge is -2.39. The molecule has 1 aromatic carbocycles. The maximum absolute atomic E-state index is 13.8. The van der Waals surface area contributed by atoms with Crippen molar-refractivity contribution in [2.45, 2.75) is 129 Å². The highest BCUT2D eigenvalue weighted by Gasteiger charge is 2.49. The molecule has 4 atom stereocenters. The topological polar surface area (TPSA) is 131 Å². The Kier molecular flexibility index (Phi) is 11.0. The Morgan fingerprint density at radius 3 is 1.89 bits per heavy atom. The smallest absolute Gasteiger partial charge is 0.271 e. The highest BCUT2D eigenvalue weighted by molar-refractivity contribution is 6.04. The fraction of sp³-hybridized carbons (Fsp3) is 0.571. The first kappa shape index (κ1) is 41.3. The number of amides is 1. The van der Waals surface area contributed by atoms with Gasteiger partial charge in [-0.1, -0.05) is 65.8 Å². The molecule has 2 saturated heterocycles. The number of benzene rings is 1. The van der Waals surface area contributed by atoms with Crippen LogP contribution in [0.5, 0.6) is 0 Å². The van der Waals surface area contributed by atoms with E-state index in [4.69, 9.17) is 14.5 Å². The Bertz CT molecular complexity index is 1970. The van der Waals surface area contributed by atoms with Gasteiger partial charge in [0.25, 0.3) is 17.8 Å². The van der Waals surface area contributed by atoms with Crippen molar-refractivity contribution in [1.29, 1.82) is 0 Å². The summed E-state index contributed by atoms with van der Waals surface area (Å²) in [5.41, 5.74) is 1.50. The van der Waals surface area contributed by atoms with E-state index in [2.05, 4.69) is 25.3 Å². The summed E-state index contributed by atoms with van der Waals surface area (Å²) in [7, 11) is 0. The number of rotatable bonds is 10. The third kappa shape index (κ3) is 9.12. The summed E-state index contributed by atoms with van der Waals surface area (Å²) in [6, 6.07) is 7.36. The first-order valence-electron chi connectivity index (χ1n) is 19.1. The zero-order chi connectivity index (χ0) is 40.9. The quantitative estimate of drug-likeness (QED) is 0.197. The van der Waals surface area contributed by atoms with Crippen LogP contribution in [0, 0.1) is 10.8 Å². The number of imidazole rings is 1. The first-order valence-corrected chi connectivity index (χ1v) is 19.1. The van der Waals surface area contributed by atoms with Gasteiger partial charge in [0.15, 0.2) is 11.6 Å². The second-order valence-corrected chi connectivity index (χ2v) is 18.1. The van der Waals surface area contributed by atoms with Crippen LogP contribution >= 0.6 is 0 Å². The number of allylic oxidation sites excluding steroid dienone is 1. The zero-order valence-corrected chi connectivity index (χ0v) is 33.4. The molecule has 302 valence electrons. The largest absolute Gasteiger partial charge is 0.361 e. The van der Waals surface area contributed by atoms with Gasteiger partial charge in [0.1, 0.15) is 30.2 Å². The summed E-state index contributed by atoms with van der Waals surface area (Å²) < 4.78 is 65.8. The van der Waals surface area contributed by atoms with E-state index in [0.29, 0.717) is 29.3 Å². The normalized spacial score (nSPS) is 24.9. The van der Waals surface area contributed by atoms with E-state index >= 15 is 0 Å². The molecular weight excluding hydrogens is 728 g/mol. The molecule has 0 radical (unpaired) electrons. The molecule has 5 heterocycles. The fourth-order valence-electron chi connectivity index (χ4n) is 7.27. The van der Waals surface area contributed by atoms with Crippen LogP contribution in [-0.2, 0) is 19.1 Å². The number of aliphatic imine (C=N–C) groups is 1. The molecule has 2 aromatic heterocycles. The van der Waals surface area contributed by atoms with Crippen molar-refractivity contribution < 1.29 is 36.6 Å². The molecule has 0 unspecified atom stereocenters. The molecule has 6 rings (SSSR count). The van der Waals surface area contributed by atoms with Gasteiger partial charge in [-0.25, -0.2) is 32.5 Å². The summed E-state index contributed by atoms with van der Waals surface area (Å²) in [5.74, 6) is -5.70. The number of ether oxygens (including phenoxy) is 2. The van der Waals surface area contributed by atoms with Gasteiger partial charge in [0.2, 0.25) is 0 Å². The molecule has 0 aliphatic carbocycles. The number of alkyl halides is 4. The number of carbonyl (C=O) groups excluding carboxylic acids is 2. The van der Waals surface area contributed by atoms with Gasteiger partial charge >= 0.3 is 0 Å². The lowest BCUT2D eigenvalue weighted by atomic mass is 9.74. The van der Waals surface area contributed by atoms with Crippen molar-refractivity contribution >= 4 is 23.0 Å². The number of hydrogen-bond acceptors (Lipinski definition) is 8. The SMILES string of the molecule is CC(C)(C)[C@H](NC(=O)[C@@]1(C)CCC(F)(F)CO1)C1=NC=C(c2ccc(-c3ncc(-c4cnc([C@@H](CC(=O)[C@@]5(C)CCC(F)(F)CO5)C(C)(C)C)[nH]4)cn3)cc2)C1. The molecule has 0 spiro atoms. The molecule has 3 aliphatic rings. The number of ketones is 1. The number of aromatic nitrogens is 4. The summed E-state index contributed by atoms with van der Waals surface area (Å²) in [6.45, 7) is 13.6. The molecule has 56 heavy (non-hydrogen) atoms. The van der Waals surface area contributed by atoms with E-state index < -0.39 is 60.0 Å². The molecule has 14 heteroatoms. The minimum atomic E-state index is -2.94. The average molecular weight is 781 g/mol. The molecule has 0 bridgehead atoms. The van der Waals surface area contributed by atoms with Crippen molar-refractivity contribution in [3.63, 3.8) is 0 Å². The van der Waals surface area contributed by atoms with Crippen LogP contribution in [-0.4, -0.2) is 79.6 Å². The van der Waals surface area contributed by atoms with Crippen LogP contribution in [0.2, 0.25) is 0 Å². The van der Waals surface area contributed by atoms with Crippen LogP contribution in [0.1, 0.15) is 111 Å². The predicted molar refractivity (Wildman–Crippen MR) is 205 cm³/mol. The molecule has 2 fully saturated rings. The van der Waals surface area contributed by atoms with Gasteiger partial charge in [-0.15, -0.1) is 0 Å². The molecule has 1 amide bonds. The van der Waals surface area contributed by atoms with E-state index in [1.165, 1.54) is 0 Å². The molecular formula is C42H52F4N6O4. The lowest BCUT2D eigenvalue weighted by Crippen LogP contribution is -2.58. The summed E-state index contributed by atoms with van der Waals surface area (Å²) >= 11 is 0.